The first kappa shape index (κ1) is 26.8. The molecule has 8 aromatic rings. The van der Waals surface area contributed by atoms with Crippen molar-refractivity contribution in [3.8, 4) is 22.6 Å². The van der Waals surface area contributed by atoms with Crippen LogP contribution in [0.4, 0.5) is 17.1 Å². The summed E-state index contributed by atoms with van der Waals surface area (Å²) in [6.07, 6.45) is 0. The lowest BCUT2D eigenvalue weighted by molar-refractivity contribution is 0.454. The van der Waals surface area contributed by atoms with Gasteiger partial charge in [-0.25, -0.2) is 0 Å². The summed E-state index contributed by atoms with van der Waals surface area (Å²) >= 11 is 0. The standard InChI is InChI=1S/C40H28BN2O2/c44-41-45-36-23-20-33(21-24-36)42(32-17-14-30(15-18-32)28-8-2-1-3-9-28)35-22-25-40-38(27-35)37-12-6-7-13-39(37)43(40)34-19-16-29-10-4-5-11-31(29)26-34/h1-27,44H. The van der Waals surface area contributed by atoms with Crippen molar-refractivity contribution < 1.29 is 9.68 Å². The van der Waals surface area contributed by atoms with Gasteiger partial charge in [0, 0.05) is 33.5 Å². The zero-order valence-corrected chi connectivity index (χ0v) is 24.4. The first-order chi connectivity index (χ1) is 22.3. The van der Waals surface area contributed by atoms with E-state index in [1.54, 1.807) is 0 Å². The molecule has 0 bridgehead atoms. The maximum atomic E-state index is 9.14. The summed E-state index contributed by atoms with van der Waals surface area (Å²) in [5.41, 5.74) is 8.85. The van der Waals surface area contributed by atoms with Crippen molar-refractivity contribution in [1.29, 1.82) is 0 Å². The summed E-state index contributed by atoms with van der Waals surface area (Å²) < 4.78 is 7.56. The van der Waals surface area contributed by atoms with Gasteiger partial charge in [-0.1, -0.05) is 91.0 Å². The van der Waals surface area contributed by atoms with Gasteiger partial charge in [0.15, 0.2) is 0 Å². The molecule has 1 aromatic heterocycles. The minimum atomic E-state index is 0.564. The Balaban J connectivity index is 1.29. The van der Waals surface area contributed by atoms with Gasteiger partial charge in [-0.2, -0.15) is 0 Å². The Bertz CT molecular complexity index is 2280. The van der Waals surface area contributed by atoms with Crippen molar-refractivity contribution in [2.45, 2.75) is 0 Å². The van der Waals surface area contributed by atoms with E-state index >= 15 is 0 Å². The van der Waals surface area contributed by atoms with E-state index in [9.17, 15) is 0 Å². The second kappa shape index (κ2) is 11.4. The Labute approximate surface area is 262 Å². The van der Waals surface area contributed by atoms with Crippen LogP contribution in [-0.4, -0.2) is 17.3 Å². The summed E-state index contributed by atoms with van der Waals surface area (Å²) in [5, 5.41) is 14.0. The molecule has 0 amide bonds. The number of fused-ring (bicyclic) bond motifs is 4. The predicted molar refractivity (Wildman–Crippen MR) is 187 cm³/mol. The van der Waals surface area contributed by atoms with E-state index in [1.807, 2.05) is 30.3 Å². The Hall–Kier alpha value is -5.78. The van der Waals surface area contributed by atoms with Crippen LogP contribution in [0.2, 0.25) is 0 Å². The van der Waals surface area contributed by atoms with Crippen molar-refractivity contribution in [2.75, 3.05) is 4.90 Å². The van der Waals surface area contributed by atoms with Gasteiger partial charge in [0.25, 0.3) is 0 Å². The maximum Gasteiger partial charge on any atom is 0.569 e. The van der Waals surface area contributed by atoms with Crippen molar-refractivity contribution in [3.05, 3.63) is 164 Å². The molecule has 0 fully saturated rings. The SMILES string of the molecule is O[B]Oc1ccc(N(c2ccc(-c3ccccc3)cc2)c2ccc3c(c2)c2ccccc2n3-c2ccc3ccccc3c2)cc1. The van der Waals surface area contributed by atoms with Gasteiger partial charge in [-0.15, -0.1) is 0 Å². The normalized spacial score (nSPS) is 11.2. The monoisotopic (exact) mass is 579 g/mol. The van der Waals surface area contributed by atoms with Gasteiger partial charge in [0.1, 0.15) is 5.75 Å². The highest BCUT2D eigenvalue weighted by Gasteiger charge is 2.18. The molecule has 0 aliphatic rings. The van der Waals surface area contributed by atoms with Crippen LogP contribution in [0.1, 0.15) is 0 Å². The highest BCUT2D eigenvalue weighted by Crippen LogP contribution is 2.40. The van der Waals surface area contributed by atoms with E-state index in [1.165, 1.54) is 32.6 Å². The predicted octanol–water partition coefficient (Wildman–Crippen LogP) is 9.98. The molecule has 1 radical (unpaired) electrons. The number of hydrogen-bond acceptors (Lipinski definition) is 3. The first-order valence-corrected chi connectivity index (χ1v) is 15.0. The van der Waals surface area contributed by atoms with Crippen molar-refractivity contribution >= 4 is 57.3 Å². The molecule has 0 saturated carbocycles. The van der Waals surface area contributed by atoms with E-state index in [2.05, 4.69) is 143 Å². The Morgan fingerprint density at radius 1 is 0.489 bits per heavy atom. The molecule has 5 heteroatoms. The van der Waals surface area contributed by atoms with Crippen LogP contribution in [0, 0.1) is 0 Å². The van der Waals surface area contributed by atoms with Crippen LogP contribution in [0.5, 0.6) is 5.75 Å². The molecule has 45 heavy (non-hydrogen) atoms. The molecule has 1 heterocycles. The molecule has 1 N–H and O–H groups in total. The third kappa shape index (κ3) is 4.90. The third-order valence-corrected chi connectivity index (χ3v) is 8.42. The van der Waals surface area contributed by atoms with Crippen LogP contribution in [0.3, 0.4) is 0 Å². The van der Waals surface area contributed by atoms with Crippen molar-refractivity contribution in [2.24, 2.45) is 0 Å². The van der Waals surface area contributed by atoms with Gasteiger partial charge >= 0.3 is 7.69 Å². The molecule has 0 aliphatic carbocycles. The number of benzene rings is 7. The lowest BCUT2D eigenvalue weighted by Gasteiger charge is -2.26. The molecule has 0 atom stereocenters. The highest BCUT2D eigenvalue weighted by molar-refractivity contribution is 6.17. The fraction of sp³-hybridized carbons (Fsp3) is 0. The number of para-hydroxylation sites is 1. The number of anilines is 3. The minimum Gasteiger partial charge on any atom is -0.537 e. The Kier molecular flexibility index (Phi) is 6.78. The smallest absolute Gasteiger partial charge is 0.537 e. The van der Waals surface area contributed by atoms with Crippen LogP contribution in [-0.2, 0) is 0 Å². The summed E-state index contributed by atoms with van der Waals surface area (Å²) in [6, 6.07) is 57.3. The Morgan fingerprint density at radius 3 is 1.89 bits per heavy atom. The van der Waals surface area contributed by atoms with Crippen LogP contribution in [0.15, 0.2) is 164 Å². The second-order valence-corrected chi connectivity index (χ2v) is 11.1. The zero-order chi connectivity index (χ0) is 30.2. The molecule has 7 aromatic carbocycles. The molecule has 0 unspecified atom stereocenters. The molecule has 0 saturated heterocycles. The average Bonchev–Trinajstić information content (AvgIpc) is 3.43. The largest absolute Gasteiger partial charge is 0.569 e. The summed E-state index contributed by atoms with van der Waals surface area (Å²) in [5.74, 6) is 0.564. The van der Waals surface area contributed by atoms with Gasteiger partial charge in [-0.3, -0.25) is 0 Å². The molecular weight excluding hydrogens is 551 g/mol. The first-order valence-electron chi connectivity index (χ1n) is 15.0. The van der Waals surface area contributed by atoms with Gasteiger partial charge in [0.2, 0.25) is 0 Å². The van der Waals surface area contributed by atoms with Gasteiger partial charge in [-0.05, 0) is 94.7 Å². The quantitative estimate of drug-likeness (QED) is 0.191. The van der Waals surface area contributed by atoms with Crippen molar-refractivity contribution in [3.63, 3.8) is 0 Å². The fourth-order valence-electron chi connectivity index (χ4n) is 6.31. The molecule has 8 rings (SSSR count). The van der Waals surface area contributed by atoms with Crippen LogP contribution in [0.25, 0.3) is 49.4 Å². The number of nitrogens with zero attached hydrogens (tertiary/aromatic N) is 2. The molecule has 0 aliphatic heterocycles. The number of rotatable bonds is 7. The second-order valence-electron chi connectivity index (χ2n) is 11.1. The zero-order valence-electron chi connectivity index (χ0n) is 24.4. The van der Waals surface area contributed by atoms with Crippen LogP contribution >= 0.6 is 0 Å². The average molecular weight is 579 g/mol. The fourth-order valence-corrected chi connectivity index (χ4v) is 6.31. The lowest BCUT2D eigenvalue weighted by atomic mass is 10.0. The molecular formula is C40H28BN2O2. The molecule has 0 spiro atoms. The number of hydrogen-bond donors (Lipinski definition) is 1. The van der Waals surface area contributed by atoms with Gasteiger partial charge in [0.05, 0.1) is 11.0 Å². The lowest BCUT2D eigenvalue weighted by Crippen LogP contribution is -2.10. The summed E-state index contributed by atoms with van der Waals surface area (Å²) in [6.45, 7) is 0. The van der Waals surface area contributed by atoms with Crippen molar-refractivity contribution in [1.82, 2.24) is 4.57 Å². The summed E-state index contributed by atoms with van der Waals surface area (Å²) in [7, 11) is 0.703. The highest BCUT2D eigenvalue weighted by atomic mass is 16.5. The Morgan fingerprint density at radius 2 is 1.11 bits per heavy atom. The third-order valence-electron chi connectivity index (χ3n) is 8.42. The van der Waals surface area contributed by atoms with E-state index in [4.69, 9.17) is 9.68 Å². The van der Waals surface area contributed by atoms with E-state index in [0.29, 0.717) is 13.4 Å². The van der Waals surface area contributed by atoms with E-state index in [0.717, 1.165) is 33.8 Å². The summed E-state index contributed by atoms with van der Waals surface area (Å²) in [4.78, 5) is 2.25. The van der Waals surface area contributed by atoms with E-state index < -0.39 is 0 Å². The van der Waals surface area contributed by atoms with Crippen LogP contribution < -0.4 is 9.55 Å². The van der Waals surface area contributed by atoms with E-state index in [-0.39, 0.29) is 0 Å². The number of aromatic nitrogens is 1. The minimum absolute atomic E-state index is 0.564. The molecule has 213 valence electrons. The molecule has 4 nitrogen and oxygen atoms in total. The topological polar surface area (TPSA) is 37.6 Å². The van der Waals surface area contributed by atoms with Gasteiger partial charge < -0.3 is 19.1 Å². The maximum absolute atomic E-state index is 9.14.